The van der Waals surface area contributed by atoms with E-state index in [4.69, 9.17) is 42.6 Å². The van der Waals surface area contributed by atoms with Crippen LogP contribution in [-0.2, 0) is 58.8 Å². The number of hydrogen-bond donors (Lipinski definition) is 3. The molecular weight excluding hydrogens is 790 g/mol. The third-order valence-electron chi connectivity index (χ3n) is 14.3. The second kappa shape index (κ2) is 20.4. The van der Waals surface area contributed by atoms with Gasteiger partial charge in [0.1, 0.15) is 29.7 Å². The Morgan fingerprint density at radius 2 is 1.48 bits per heavy atom. The van der Waals surface area contributed by atoms with Crippen molar-refractivity contribution in [3.63, 3.8) is 0 Å². The van der Waals surface area contributed by atoms with Gasteiger partial charge in [-0.1, -0.05) is 58.0 Å². The minimum absolute atomic E-state index is 0.121. The maximum absolute atomic E-state index is 14.3. The number of benzene rings is 1. The number of esters is 1. The lowest BCUT2D eigenvalue weighted by atomic mass is 9.75. The van der Waals surface area contributed by atoms with Crippen molar-refractivity contribution in [2.45, 2.75) is 172 Å². The standard InChI is InChI=1S/C46H75NO14/c1-25-22-45(9,54-13)40(61-43-37(33(47(10)11)21-26(2)57-43)56-20-19-55-24-32-17-15-14-16-18-32)28(4)36(59-34-23-44(8,53-12)39(50)31(7)58-34)29(5)42(51)60-41-30(6)46(41,52)38(49)27(3)35(25)48/h14-18,25-31,33-34,36-41,43,49-50,52H,19-24H2,1-13H3/t25-,26-,27+,28+,29-,30?,31+,33+,34+,36+,37-,38-,39+,40-,41-,43+,44-,45+,46+/m1/s1. The third kappa shape index (κ3) is 10.7. The highest BCUT2D eigenvalue weighted by molar-refractivity contribution is 5.84. The normalized spacial score (nSPS) is 45.2. The first-order valence-corrected chi connectivity index (χ1v) is 22.1. The van der Waals surface area contributed by atoms with Crippen molar-refractivity contribution < 1.29 is 67.5 Å². The Balaban J connectivity index is 1.54. The summed E-state index contributed by atoms with van der Waals surface area (Å²) in [5.41, 5.74) is -3.03. The molecule has 0 aromatic heterocycles. The maximum atomic E-state index is 14.3. The predicted molar refractivity (Wildman–Crippen MR) is 224 cm³/mol. The maximum Gasteiger partial charge on any atom is 0.311 e. The lowest BCUT2D eigenvalue weighted by molar-refractivity contribution is -0.322. The Kier molecular flexibility index (Phi) is 16.7. The molecule has 0 radical (unpaired) electrons. The fraction of sp³-hybridized carbons (Fsp3) is 0.826. The Morgan fingerprint density at radius 1 is 0.820 bits per heavy atom. The molecule has 4 fully saturated rings. The van der Waals surface area contributed by atoms with Crippen LogP contribution in [0.15, 0.2) is 30.3 Å². The summed E-state index contributed by atoms with van der Waals surface area (Å²) in [6.45, 7) is 17.0. The average molecular weight is 866 g/mol. The predicted octanol–water partition coefficient (Wildman–Crippen LogP) is 3.90. The van der Waals surface area contributed by atoms with Crippen LogP contribution in [0.25, 0.3) is 0 Å². The zero-order valence-electron chi connectivity index (χ0n) is 38.6. The summed E-state index contributed by atoms with van der Waals surface area (Å²) < 4.78 is 57.7. The van der Waals surface area contributed by atoms with Gasteiger partial charge in [0.2, 0.25) is 0 Å². The molecule has 1 aromatic rings. The van der Waals surface area contributed by atoms with Gasteiger partial charge in [-0.3, -0.25) is 9.59 Å². The first-order valence-electron chi connectivity index (χ1n) is 22.1. The van der Waals surface area contributed by atoms with Gasteiger partial charge < -0.3 is 62.9 Å². The van der Waals surface area contributed by atoms with Gasteiger partial charge in [-0.2, -0.15) is 0 Å². The van der Waals surface area contributed by atoms with E-state index in [9.17, 15) is 24.9 Å². The minimum Gasteiger partial charge on any atom is -0.458 e. The SMILES string of the molecule is CO[C@]1(C)C[C@H](O[C@H]2[C@H](C)[C@@H](O[C@@H]3O[C@H](C)C[C@H](N(C)C)[C@H]3OCCOCc3ccccc3)[C@@](C)(OC)C[C@@H](C)C(=O)[C@H](C)[C@@H](O)[C@@]3(O)C(C)[C@H]3OC(=O)[C@@H]2C)O[C@@H](C)[C@@H]1O. The number of ether oxygens (including phenoxy) is 9. The van der Waals surface area contributed by atoms with Crippen LogP contribution >= 0.6 is 0 Å². The molecule has 348 valence electrons. The number of likely N-dealkylation sites (N-methyl/N-ethyl adjacent to an activating group) is 1. The minimum atomic E-state index is -1.82. The van der Waals surface area contributed by atoms with E-state index in [1.54, 1.807) is 48.7 Å². The summed E-state index contributed by atoms with van der Waals surface area (Å²) in [4.78, 5) is 30.6. The number of aliphatic hydroxyl groups excluding tert-OH is 2. The molecule has 3 N–H and O–H groups in total. The van der Waals surface area contributed by atoms with Crippen LogP contribution in [0.5, 0.6) is 0 Å². The Labute approximate surface area is 362 Å². The molecule has 3 saturated heterocycles. The Morgan fingerprint density at radius 3 is 2.10 bits per heavy atom. The fourth-order valence-electron chi connectivity index (χ4n) is 10.00. The van der Waals surface area contributed by atoms with E-state index in [0.29, 0.717) is 19.6 Å². The molecule has 0 bridgehead atoms. The number of Topliss-reactive ketones (excluding diaryl/α,β-unsaturated/α-hetero) is 1. The molecule has 19 atom stereocenters. The van der Waals surface area contributed by atoms with Crippen LogP contribution in [0.3, 0.4) is 0 Å². The van der Waals surface area contributed by atoms with Gasteiger partial charge >= 0.3 is 5.97 Å². The molecule has 0 spiro atoms. The molecule has 5 rings (SSSR count). The molecule has 4 aliphatic rings. The highest BCUT2D eigenvalue weighted by Gasteiger charge is 2.70. The van der Waals surface area contributed by atoms with E-state index in [1.165, 1.54) is 7.11 Å². The van der Waals surface area contributed by atoms with Crippen molar-refractivity contribution in [3.8, 4) is 0 Å². The fourth-order valence-corrected chi connectivity index (χ4v) is 10.00. The second-order valence-electron chi connectivity index (χ2n) is 19.0. The average Bonchev–Trinajstić information content (AvgIpc) is 3.76. The number of fused-ring (bicyclic) bond motifs is 1. The van der Waals surface area contributed by atoms with Gasteiger partial charge in [0.05, 0.1) is 67.5 Å². The van der Waals surface area contributed by atoms with Gasteiger partial charge in [-0.25, -0.2) is 0 Å². The molecule has 3 aliphatic heterocycles. The van der Waals surface area contributed by atoms with Crippen LogP contribution in [-0.4, -0.2) is 158 Å². The Hall–Kier alpha value is -2.12. The van der Waals surface area contributed by atoms with E-state index >= 15 is 0 Å². The first kappa shape index (κ1) is 49.9. The van der Waals surface area contributed by atoms with E-state index in [-0.39, 0.29) is 37.4 Å². The monoisotopic (exact) mass is 866 g/mol. The van der Waals surface area contributed by atoms with Crippen molar-refractivity contribution in [2.75, 3.05) is 41.5 Å². The number of ketones is 1. The summed E-state index contributed by atoms with van der Waals surface area (Å²) >= 11 is 0. The van der Waals surface area contributed by atoms with Gasteiger partial charge in [-0.05, 0) is 67.1 Å². The van der Waals surface area contributed by atoms with E-state index < -0.39 is 108 Å². The molecule has 3 heterocycles. The summed E-state index contributed by atoms with van der Waals surface area (Å²) in [7, 11) is 7.05. The van der Waals surface area contributed by atoms with Crippen molar-refractivity contribution in [3.05, 3.63) is 35.9 Å². The van der Waals surface area contributed by atoms with Crippen molar-refractivity contribution >= 4 is 11.8 Å². The highest BCUT2D eigenvalue weighted by Crippen LogP contribution is 2.51. The molecule has 61 heavy (non-hydrogen) atoms. The number of nitrogens with zero attached hydrogens (tertiary/aromatic N) is 1. The van der Waals surface area contributed by atoms with Gasteiger partial charge in [0, 0.05) is 50.4 Å². The number of methoxy groups -OCH3 is 2. The molecular formula is C46H75NO14. The smallest absolute Gasteiger partial charge is 0.311 e. The lowest BCUT2D eigenvalue weighted by Gasteiger charge is -2.50. The third-order valence-corrected chi connectivity index (χ3v) is 14.3. The lowest BCUT2D eigenvalue weighted by Crippen LogP contribution is -2.61. The molecule has 1 aromatic carbocycles. The van der Waals surface area contributed by atoms with E-state index in [1.807, 2.05) is 65.2 Å². The number of carbonyl (C=O) groups excluding carboxylic acids is 2. The number of rotatable bonds is 13. The zero-order chi connectivity index (χ0) is 45.2. The first-order chi connectivity index (χ1) is 28.6. The topological polar surface area (TPSA) is 181 Å². The van der Waals surface area contributed by atoms with Crippen molar-refractivity contribution in [1.29, 1.82) is 0 Å². The molecule has 15 heteroatoms. The molecule has 0 amide bonds. The highest BCUT2D eigenvalue weighted by atomic mass is 16.7. The van der Waals surface area contributed by atoms with Crippen LogP contribution < -0.4 is 0 Å². The van der Waals surface area contributed by atoms with E-state index in [2.05, 4.69) is 4.90 Å². The number of aliphatic hydroxyl groups is 3. The largest absolute Gasteiger partial charge is 0.458 e. The molecule has 1 saturated carbocycles. The number of hydrogen-bond acceptors (Lipinski definition) is 15. The molecule has 1 aliphatic carbocycles. The second-order valence-corrected chi connectivity index (χ2v) is 19.0. The van der Waals surface area contributed by atoms with Gasteiger partial charge in [0.15, 0.2) is 12.6 Å². The molecule has 1 unspecified atom stereocenters. The summed E-state index contributed by atoms with van der Waals surface area (Å²) in [5.74, 6) is -4.92. The summed E-state index contributed by atoms with van der Waals surface area (Å²) in [6.07, 6.45) is -7.85. The Bertz CT molecular complexity index is 1590. The summed E-state index contributed by atoms with van der Waals surface area (Å²) in [6, 6.07) is 9.79. The van der Waals surface area contributed by atoms with Crippen molar-refractivity contribution in [1.82, 2.24) is 4.90 Å². The van der Waals surface area contributed by atoms with Gasteiger partial charge in [0.25, 0.3) is 0 Å². The van der Waals surface area contributed by atoms with Gasteiger partial charge in [-0.15, -0.1) is 0 Å². The number of carbonyl (C=O) groups is 2. The van der Waals surface area contributed by atoms with Crippen LogP contribution in [0.4, 0.5) is 0 Å². The van der Waals surface area contributed by atoms with E-state index in [0.717, 1.165) is 5.56 Å². The molecule has 15 nitrogen and oxygen atoms in total. The summed E-state index contributed by atoms with van der Waals surface area (Å²) in [5, 5.41) is 34.2. The quantitative estimate of drug-likeness (QED) is 0.192. The van der Waals surface area contributed by atoms with Crippen LogP contribution in [0, 0.1) is 29.6 Å². The zero-order valence-corrected chi connectivity index (χ0v) is 38.6. The van der Waals surface area contributed by atoms with Crippen molar-refractivity contribution in [2.24, 2.45) is 29.6 Å². The van der Waals surface area contributed by atoms with Crippen LogP contribution in [0.2, 0.25) is 0 Å². The van der Waals surface area contributed by atoms with Crippen LogP contribution in [0.1, 0.15) is 87.1 Å².